The topological polar surface area (TPSA) is 37.3 Å². The Balaban J connectivity index is 2.04. The Morgan fingerprint density at radius 2 is 2.00 bits per heavy atom. The van der Waals surface area contributed by atoms with Gasteiger partial charge in [-0.05, 0) is 17.3 Å². The van der Waals surface area contributed by atoms with Crippen molar-refractivity contribution in [3.63, 3.8) is 0 Å². The van der Waals surface area contributed by atoms with Crippen LogP contribution in [0.3, 0.4) is 0 Å². The van der Waals surface area contributed by atoms with Crippen molar-refractivity contribution in [3.8, 4) is 0 Å². The van der Waals surface area contributed by atoms with Crippen LogP contribution in [0.2, 0.25) is 0 Å². The lowest BCUT2D eigenvalue weighted by Gasteiger charge is -2.26. The van der Waals surface area contributed by atoms with Gasteiger partial charge in [-0.2, -0.15) is 0 Å². The summed E-state index contributed by atoms with van der Waals surface area (Å²) in [5, 5.41) is 8.93. The Hall–Kier alpha value is -0.530. The maximum absolute atomic E-state index is 10.8. The van der Waals surface area contributed by atoms with Crippen molar-refractivity contribution in [2.75, 3.05) is 0 Å². The summed E-state index contributed by atoms with van der Waals surface area (Å²) in [6.45, 7) is 4.18. The van der Waals surface area contributed by atoms with Gasteiger partial charge in [0, 0.05) is 0 Å². The number of carbonyl (C=O) groups is 1. The molecule has 12 heavy (non-hydrogen) atoms. The molecule has 2 aliphatic carbocycles. The van der Waals surface area contributed by atoms with Gasteiger partial charge < -0.3 is 5.11 Å². The average molecular weight is 168 g/mol. The predicted molar refractivity (Wildman–Crippen MR) is 45.7 cm³/mol. The third kappa shape index (κ3) is 0.900. The molecule has 0 saturated heterocycles. The molecular weight excluding hydrogens is 152 g/mol. The van der Waals surface area contributed by atoms with E-state index in [1.165, 1.54) is 19.3 Å². The molecule has 2 unspecified atom stereocenters. The van der Waals surface area contributed by atoms with Crippen molar-refractivity contribution >= 4 is 5.97 Å². The SMILES string of the molecule is CC1(C)C(C(=O)O)C1C1CCC1. The molecule has 68 valence electrons. The molecule has 0 spiro atoms. The quantitative estimate of drug-likeness (QED) is 0.686. The smallest absolute Gasteiger partial charge is 0.307 e. The van der Waals surface area contributed by atoms with Crippen LogP contribution in [-0.2, 0) is 4.79 Å². The largest absolute Gasteiger partial charge is 0.481 e. The Morgan fingerprint density at radius 3 is 2.25 bits per heavy atom. The van der Waals surface area contributed by atoms with Crippen LogP contribution in [0.15, 0.2) is 0 Å². The van der Waals surface area contributed by atoms with Gasteiger partial charge in [0.1, 0.15) is 0 Å². The van der Waals surface area contributed by atoms with Gasteiger partial charge in [0.15, 0.2) is 0 Å². The van der Waals surface area contributed by atoms with Gasteiger partial charge in [0.25, 0.3) is 0 Å². The van der Waals surface area contributed by atoms with E-state index >= 15 is 0 Å². The zero-order chi connectivity index (χ0) is 8.93. The number of rotatable bonds is 2. The fraction of sp³-hybridized carbons (Fsp3) is 0.900. The van der Waals surface area contributed by atoms with Gasteiger partial charge in [-0.1, -0.05) is 33.1 Å². The minimum Gasteiger partial charge on any atom is -0.481 e. The highest BCUT2D eigenvalue weighted by molar-refractivity contribution is 5.75. The van der Waals surface area contributed by atoms with Gasteiger partial charge in [0.2, 0.25) is 0 Å². The van der Waals surface area contributed by atoms with Crippen molar-refractivity contribution in [1.29, 1.82) is 0 Å². The number of hydrogen-bond donors (Lipinski definition) is 1. The molecule has 2 rings (SSSR count). The number of hydrogen-bond acceptors (Lipinski definition) is 1. The van der Waals surface area contributed by atoms with E-state index in [4.69, 9.17) is 5.11 Å². The van der Waals surface area contributed by atoms with Crippen LogP contribution in [-0.4, -0.2) is 11.1 Å². The summed E-state index contributed by atoms with van der Waals surface area (Å²) < 4.78 is 0. The highest BCUT2D eigenvalue weighted by Crippen LogP contribution is 2.65. The highest BCUT2D eigenvalue weighted by Gasteiger charge is 2.65. The summed E-state index contributed by atoms with van der Waals surface area (Å²) in [5.41, 5.74) is 0.0803. The summed E-state index contributed by atoms with van der Waals surface area (Å²) in [4.78, 5) is 10.8. The molecule has 0 radical (unpaired) electrons. The van der Waals surface area contributed by atoms with Gasteiger partial charge >= 0.3 is 5.97 Å². The first-order chi connectivity index (χ1) is 5.55. The summed E-state index contributed by atoms with van der Waals surface area (Å²) >= 11 is 0. The fourth-order valence-electron chi connectivity index (χ4n) is 2.83. The normalized spacial score (nSPS) is 38.8. The Kier molecular flexibility index (Phi) is 1.51. The van der Waals surface area contributed by atoms with E-state index in [1.54, 1.807) is 0 Å². The summed E-state index contributed by atoms with van der Waals surface area (Å²) in [7, 11) is 0. The number of carboxylic acid groups (broad SMARTS) is 1. The lowest BCUT2D eigenvalue weighted by Crippen LogP contribution is -2.16. The predicted octanol–water partition coefficient (Wildman–Crippen LogP) is 2.14. The summed E-state index contributed by atoms with van der Waals surface area (Å²) in [6, 6.07) is 0. The van der Waals surface area contributed by atoms with Crippen LogP contribution in [0.4, 0.5) is 0 Å². The maximum atomic E-state index is 10.8. The zero-order valence-corrected chi connectivity index (χ0v) is 7.71. The fourth-order valence-corrected chi connectivity index (χ4v) is 2.83. The third-order valence-electron chi connectivity index (χ3n) is 3.83. The lowest BCUT2D eigenvalue weighted by molar-refractivity contribution is -0.139. The molecule has 2 aliphatic rings. The van der Waals surface area contributed by atoms with Crippen molar-refractivity contribution in [1.82, 2.24) is 0 Å². The van der Waals surface area contributed by atoms with E-state index in [0.29, 0.717) is 5.92 Å². The highest BCUT2D eigenvalue weighted by atomic mass is 16.4. The first-order valence-electron chi connectivity index (χ1n) is 4.78. The molecule has 0 aliphatic heterocycles. The van der Waals surface area contributed by atoms with Crippen LogP contribution in [0.5, 0.6) is 0 Å². The third-order valence-corrected chi connectivity index (χ3v) is 3.83. The van der Waals surface area contributed by atoms with Crippen molar-refractivity contribution in [3.05, 3.63) is 0 Å². The van der Waals surface area contributed by atoms with Gasteiger partial charge in [-0.15, -0.1) is 0 Å². The maximum Gasteiger partial charge on any atom is 0.307 e. The second kappa shape index (κ2) is 2.24. The van der Waals surface area contributed by atoms with Gasteiger partial charge in [0.05, 0.1) is 5.92 Å². The second-order valence-corrected chi connectivity index (χ2v) is 4.85. The van der Waals surface area contributed by atoms with E-state index < -0.39 is 5.97 Å². The molecule has 0 aromatic heterocycles. The molecule has 0 aromatic carbocycles. The first-order valence-corrected chi connectivity index (χ1v) is 4.78. The molecule has 2 nitrogen and oxygen atoms in total. The molecule has 0 bridgehead atoms. The summed E-state index contributed by atoms with van der Waals surface area (Å²) in [5.74, 6) is 0.560. The molecule has 2 fully saturated rings. The Bertz CT molecular complexity index is 216. The minimum absolute atomic E-state index is 0.0530. The van der Waals surface area contributed by atoms with Crippen LogP contribution >= 0.6 is 0 Å². The molecule has 2 atom stereocenters. The van der Waals surface area contributed by atoms with E-state index in [2.05, 4.69) is 13.8 Å². The van der Waals surface area contributed by atoms with E-state index in [1.807, 2.05) is 0 Å². The van der Waals surface area contributed by atoms with Gasteiger partial charge in [-0.3, -0.25) is 4.79 Å². The van der Waals surface area contributed by atoms with E-state index in [0.717, 1.165) is 5.92 Å². The van der Waals surface area contributed by atoms with Crippen LogP contribution in [0.25, 0.3) is 0 Å². The van der Waals surface area contributed by atoms with Crippen molar-refractivity contribution < 1.29 is 9.90 Å². The van der Waals surface area contributed by atoms with Crippen molar-refractivity contribution in [2.45, 2.75) is 33.1 Å². The summed E-state index contributed by atoms with van der Waals surface area (Å²) in [6.07, 6.45) is 3.83. The van der Waals surface area contributed by atoms with Crippen molar-refractivity contribution in [2.24, 2.45) is 23.2 Å². The second-order valence-electron chi connectivity index (χ2n) is 4.85. The molecule has 2 heteroatoms. The van der Waals surface area contributed by atoms with E-state index in [-0.39, 0.29) is 11.3 Å². The molecule has 0 heterocycles. The van der Waals surface area contributed by atoms with E-state index in [9.17, 15) is 4.79 Å². The molecular formula is C10H16O2. The number of aliphatic carboxylic acids is 1. The average Bonchev–Trinajstić information content (AvgIpc) is 2.30. The standard InChI is InChI=1S/C10H16O2/c1-10(2)7(6-4-3-5-6)8(10)9(11)12/h6-8H,3-5H2,1-2H3,(H,11,12). The minimum atomic E-state index is -0.586. The first kappa shape index (κ1) is 8.09. The Morgan fingerprint density at radius 1 is 1.42 bits per heavy atom. The molecule has 1 N–H and O–H groups in total. The molecule has 2 saturated carbocycles. The molecule has 0 amide bonds. The Labute approximate surface area is 73.0 Å². The lowest BCUT2D eigenvalue weighted by atomic mass is 9.79. The van der Waals surface area contributed by atoms with Gasteiger partial charge in [-0.25, -0.2) is 0 Å². The van der Waals surface area contributed by atoms with Crippen LogP contribution in [0.1, 0.15) is 33.1 Å². The number of carboxylic acids is 1. The molecule has 0 aromatic rings. The monoisotopic (exact) mass is 168 g/mol. The zero-order valence-electron chi connectivity index (χ0n) is 7.71. The van der Waals surface area contributed by atoms with Crippen LogP contribution in [0, 0.1) is 23.2 Å². The van der Waals surface area contributed by atoms with Crippen LogP contribution < -0.4 is 0 Å².